The lowest BCUT2D eigenvalue weighted by Crippen LogP contribution is -1.92. The highest BCUT2D eigenvalue weighted by Crippen LogP contribution is 2.30. The van der Waals surface area contributed by atoms with Gasteiger partial charge < -0.3 is 9.84 Å². The van der Waals surface area contributed by atoms with Gasteiger partial charge in [0.25, 0.3) is 0 Å². The van der Waals surface area contributed by atoms with Crippen molar-refractivity contribution in [2.45, 2.75) is 6.61 Å². The summed E-state index contributed by atoms with van der Waals surface area (Å²) in [7, 11) is 0. The van der Waals surface area contributed by atoms with Gasteiger partial charge in [-0.2, -0.15) is 5.26 Å². The Morgan fingerprint density at radius 2 is 1.89 bits per heavy atom. The minimum Gasteiger partial charge on any atom is -0.457 e. The third-order valence-corrected chi connectivity index (χ3v) is 2.80. The first kappa shape index (κ1) is 12.4. The minimum atomic E-state index is -0.189. The molecular formula is C14H10ClNO2. The summed E-state index contributed by atoms with van der Waals surface area (Å²) in [6.45, 7) is -0.189. The number of halogens is 1. The van der Waals surface area contributed by atoms with E-state index in [0.717, 1.165) is 0 Å². The molecule has 0 spiro atoms. The van der Waals surface area contributed by atoms with Crippen LogP contribution in [0.5, 0.6) is 11.5 Å². The van der Waals surface area contributed by atoms with Crippen LogP contribution in [0.3, 0.4) is 0 Å². The van der Waals surface area contributed by atoms with Gasteiger partial charge in [-0.25, -0.2) is 0 Å². The number of ether oxygens (including phenoxy) is 1. The minimum absolute atomic E-state index is 0.189. The monoisotopic (exact) mass is 259 g/mol. The number of hydrogen-bond donors (Lipinski definition) is 1. The predicted molar refractivity (Wildman–Crippen MR) is 68.6 cm³/mol. The molecular weight excluding hydrogens is 250 g/mol. The van der Waals surface area contributed by atoms with Gasteiger partial charge in [-0.15, -0.1) is 0 Å². The van der Waals surface area contributed by atoms with Crippen LogP contribution < -0.4 is 4.74 Å². The molecule has 2 aromatic rings. The molecule has 0 aliphatic carbocycles. The summed E-state index contributed by atoms with van der Waals surface area (Å²) < 4.78 is 5.63. The van der Waals surface area contributed by atoms with Crippen LogP contribution in [-0.4, -0.2) is 5.11 Å². The largest absolute Gasteiger partial charge is 0.457 e. The van der Waals surface area contributed by atoms with Crippen molar-refractivity contribution in [1.82, 2.24) is 0 Å². The molecule has 4 heteroatoms. The van der Waals surface area contributed by atoms with Crippen LogP contribution in [0.2, 0.25) is 5.02 Å². The van der Waals surface area contributed by atoms with Crippen molar-refractivity contribution in [1.29, 1.82) is 5.26 Å². The fourth-order valence-corrected chi connectivity index (χ4v) is 1.74. The molecule has 3 nitrogen and oxygen atoms in total. The summed E-state index contributed by atoms with van der Waals surface area (Å²) >= 11 is 5.96. The average Bonchev–Trinajstić information content (AvgIpc) is 2.40. The van der Waals surface area contributed by atoms with Gasteiger partial charge in [0.2, 0.25) is 0 Å². The van der Waals surface area contributed by atoms with E-state index in [9.17, 15) is 5.11 Å². The molecule has 0 aliphatic rings. The molecule has 0 bridgehead atoms. The van der Waals surface area contributed by atoms with Gasteiger partial charge in [-0.05, 0) is 36.4 Å². The van der Waals surface area contributed by atoms with Crippen LogP contribution in [0.15, 0.2) is 42.5 Å². The summed E-state index contributed by atoms with van der Waals surface area (Å²) in [4.78, 5) is 0. The Morgan fingerprint density at radius 1 is 1.17 bits per heavy atom. The molecule has 0 amide bonds. The summed E-state index contributed by atoms with van der Waals surface area (Å²) in [5, 5.41) is 18.4. The van der Waals surface area contributed by atoms with E-state index in [2.05, 4.69) is 0 Å². The Balaban J connectivity index is 2.28. The van der Waals surface area contributed by atoms with Gasteiger partial charge in [0.1, 0.15) is 11.5 Å². The van der Waals surface area contributed by atoms with Crippen molar-refractivity contribution < 1.29 is 9.84 Å². The second kappa shape index (κ2) is 5.54. The van der Waals surface area contributed by atoms with Crippen LogP contribution in [0.4, 0.5) is 0 Å². The second-order valence-corrected chi connectivity index (χ2v) is 4.02. The van der Waals surface area contributed by atoms with E-state index in [4.69, 9.17) is 21.6 Å². The molecule has 0 saturated heterocycles. The van der Waals surface area contributed by atoms with E-state index >= 15 is 0 Å². The lowest BCUT2D eigenvalue weighted by molar-refractivity contribution is 0.276. The molecule has 1 N–H and O–H groups in total. The Morgan fingerprint density at radius 3 is 2.50 bits per heavy atom. The lowest BCUT2D eigenvalue weighted by Gasteiger charge is -2.10. The molecule has 0 aliphatic heterocycles. The van der Waals surface area contributed by atoms with E-state index in [-0.39, 0.29) is 6.61 Å². The van der Waals surface area contributed by atoms with Crippen molar-refractivity contribution in [3.05, 3.63) is 58.6 Å². The highest BCUT2D eigenvalue weighted by molar-refractivity contribution is 6.31. The van der Waals surface area contributed by atoms with Crippen molar-refractivity contribution in [2.24, 2.45) is 0 Å². The van der Waals surface area contributed by atoms with E-state index in [1.165, 1.54) is 0 Å². The first-order chi connectivity index (χ1) is 8.74. The maximum absolute atomic E-state index is 9.25. The third-order valence-electron chi connectivity index (χ3n) is 2.45. The highest BCUT2D eigenvalue weighted by atomic mass is 35.5. The molecule has 2 rings (SSSR count). The molecule has 0 saturated carbocycles. The molecule has 0 atom stereocenters. The fraction of sp³-hybridized carbons (Fsp3) is 0.0714. The van der Waals surface area contributed by atoms with Gasteiger partial charge in [-0.3, -0.25) is 0 Å². The van der Waals surface area contributed by atoms with Crippen LogP contribution in [0.25, 0.3) is 0 Å². The number of rotatable bonds is 3. The van der Waals surface area contributed by atoms with Crippen LogP contribution in [0, 0.1) is 11.3 Å². The average molecular weight is 260 g/mol. The number of aliphatic hydroxyl groups is 1. The zero-order chi connectivity index (χ0) is 13.0. The molecule has 0 fully saturated rings. The maximum atomic E-state index is 9.25. The molecule has 0 heterocycles. The molecule has 0 aromatic heterocycles. The molecule has 90 valence electrons. The number of aliphatic hydroxyl groups excluding tert-OH is 1. The first-order valence-electron chi connectivity index (χ1n) is 5.31. The van der Waals surface area contributed by atoms with Gasteiger partial charge in [0, 0.05) is 10.6 Å². The van der Waals surface area contributed by atoms with Crippen LogP contribution in [-0.2, 0) is 6.61 Å². The quantitative estimate of drug-likeness (QED) is 0.918. The normalized spacial score (nSPS) is 9.83. The van der Waals surface area contributed by atoms with Gasteiger partial charge in [0.15, 0.2) is 0 Å². The number of nitrogens with zero attached hydrogens (tertiary/aromatic N) is 1. The standard InChI is InChI=1S/C14H10ClNO2/c15-13-2-1-3-14(12(13)9-17)18-11-6-4-10(8-16)5-7-11/h1-7,17H,9H2. The lowest BCUT2D eigenvalue weighted by atomic mass is 10.2. The van der Waals surface area contributed by atoms with E-state index in [1.54, 1.807) is 42.5 Å². The summed E-state index contributed by atoms with van der Waals surface area (Å²) in [5.74, 6) is 1.10. The fourth-order valence-electron chi connectivity index (χ4n) is 1.51. The van der Waals surface area contributed by atoms with Gasteiger partial charge in [-0.1, -0.05) is 17.7 Å². The van der Waals surface area contributed by atoms with Crippen molar-refractivity contribution in [3.8, 4) is 17.6 Å². The zero-order valence-corrected chi connectivity index (χ0v) is 10.2. The summed E-state index contributed by atoms with van der Waals surface area (Å²) in [6, 6.07) is 13.9. The predicted octanol–water partition coefficient (Wildman–Crippen LogP) is 3.50. The Labute approximate surface area is 110 Å². The topological polar surface area (TPSA) is 53.2 Å². The van der Waals surface area contributed by atoms with E-state index in [0.29, 0.717) is 27.6 Å². The number of hydrogen-bond acceptors (Lipinski definition) is 3. The van der Waals surface area contributed by atoms with Crippen molar-refractivity contribution in [2.75, 3.05) is 0 Å². The van der Waals surface area contributed by atoms with Gasteiger partial charge in [0.05, 0.1) is 18.2 Å². The molecule has 18 heavy (non-hydrogen) atoms. The Hall–Kier alpha value is -2.02. The number of benzene rings is 2. The first-order valence-corrected chi connectivity index (χ1v) is 5.68. The van der Waals surface area contributed by atoms with Crippen molar-refractivity contribution >= 4 is 11.6 Å². The molecule has 0 radical (unpaired) electrons. The number of nitriles is 1. The maximum Gasteiger partial charge on any atom is 0.134 e. The van der Waals surface area contributed by atoms with Crippen molar-refractivity contribution in [3.63, 3.8) is 0 Å². The van der Waals surface area contributed by atoms with Gasteiger partial charge >= 0.3 is 0 Å². The third kappa shape index (κ3) is 2.62. The smallest absolute Gasteiger partial charge is 0.134 e. The van der Waals surface area contributed by atoms with E-state index in [1.807, 2.05) is 6.07 Å². The second-order valence-electron chi connectivity index (χ2n) is 3.61. The summed E-state index contributed by atoms with van der Waals surface area (Å²) in [6.07, 6.45) is 0. The van der Waals surface area contributed by atoms with Crippen LogP contribution >= 0.6 is 11.6 Å². The van der Waals surface area contributed by atoms with Crippen LogP contribution in [0.1, 0.15) is 11.1 Å². The summed E-state index contributed by atoms with van der Waals surface area (Å²) in [5.41, 5.74) is 1.11. The van der Waals surface area contributed by atoms with E-state index < -0.39 is 0 Å². The Kier molecular flexibility index (Phi) is 3.83. The molecule has 0 unspecified atom stereocenters. The highest BCUT2D eigenvalue weighted by Gasteiger charge is 2.08. The Bertz CT molecular complexity index is 588. The zero-order valence-electron chi connectivity index (χ0n) is 9.43. The molecule has 2 aromatic carbocycles. The SMILES string of the molecule is N#Cc1ccc(Oc2cccc(Cl)c2CO)cc1.